The molecule has 10 rings (SSSR count). The molecule has 0 aliphatic carbocycles. The lowest BCUT2D eigenvalue weighted by atomic mass is 9.98. The molecule has 0 aliphatic heterocycles. The largest absolute Gasteiger partial charge is 0.435 e. The van der Waals surface area contributed by atoms with Crippen LogP contribution in [0.5, 0.6) is 0 Å². The molecule has 10 aromatic rings. The maximum atomic E-state index is 6.51. The Hall–Kier alpha value is -7.23. The Labute approximate surface area is 314 Å². The SMILES string of the molecule is c1ccc(-c2cccc(N(c3ccc(-c4cccc5ccccc45)cc3)c3ccc(-c4cccc5nc(-c6ccc7ccccc7c6)oc45)cc3)c2)cc1. The maximum Gasteiger partial charge on any atom is 0.227 e. The van der Waals surface area contributed by atoms with Crippen LogP contribution in [-0.4, -0.2) is 4.98 Å². The Morgan fingerprint density at radius 3 is 1.74 bits per heavy atom. The van der Waals surface area contributed by atoms with Gasteiger partial charge in [0.15, 0.2) is 5.58 Å². The van der Waals surface area contributed by atoms with Gasteiger partial charge >= 0.3 is 0 Å². The average molecular weight is 691 g/mol. The van der Waals surface area contributed by atoms with E-state index in [0.717, 1.165) is 50.2 Å². The number of rotatable bonds is 7. The second-order valence-corrected chi connectivity index (χ2v) is 13.6. The Balaban J connectivity index is 1.04. The Morgan fingerprint density at radius 2 is 0.944 bits per heavy atom. The second kappa shape index (κ2) is 13.4. The monoisotopic (exact) mass is 690 g/mol. The Bertz CT molecular complexity index is 2920. The fraction of sp³-hybridized carbons (Fsp3) is 0. The van der Waals surface area contributed by atoms with Gasteiger partial charge < -0.3 is 9.32 Å². The molecular formula is C51H34N2O. The van der Waals surface area contributed by atoms with Crippen LogP contribution in [0.2, 0.25) is 0 Å². The minimum absolute atomic E-state index is 0.622. The summed E-state index contributed by atoms with van der Waals surface area (Å²) in [5.41, 5.74) is 12.6. The van der Waals surface area contributed by atoms with Crippen molar-refractivity contribution in [3.8, 4) is 44.8 Å². The molecule has 1 heterocycles. The van der Waals surface area contributed by atoms with Gasteiger partial charge in [-0.15, -0.1) is 0 Å². The van der Waals surface area contributed by atoms with Gasteiger partial charge in [-0.1, -0.05) is 152 Å². The van der Waals surface area contributed by atoms with Crippen LogP contribution in [-0.2, 0) is 0 Å². The highest BCUT2D eigenvalue weighted by molar-refractivity contribution is 5.97. The number of benzene rings is 9. The zero-order chi connectivity index (χ0) is 35.8. The van der Waals surface area contributed by atoms with E-state index in [1.54, 1.807) is 0 Å². The van der Waals surface area contributed by atoms with Crippen molar-refractivity contribution < 1.29 is 4.42 Å². The number of fused-ring (bicyclic) bond motifs is 3. The number of hydrogen-bond acceptors (Lipinski definition) is 3. The van der Waals surface area contributed by atoms with Gasteiger partial charge in [0.25, 0.3) is 0 Å². The van der Waals surface area contributed by atoms with Crippen molar-refractivity contribution in [3.05, 3.63) is 206 Å². The molecule has 0 amide bonds. The van der Waals surface area contributed by atoms with E-state index in [2.05, 4.69) is 205 Å². The van der Waals surface area contributed by atoms with Crippen LogP contribution >= 0.6 is 0 Å². The molecule has 254 valence electrons. The van der Waals surface area contributed by atoms with Crippen LogP contribution in [0.25, 0.3) is 77.5 Å². The molecule has 0 unspecified atom stereocenters. The third-order valence-corrected chi connectivity index (χ3v) is 10.3. The van der Waals surface area contributed by atoms with Crippen LogP contribution in [0.15, 0.2) is 211 Å². The van der Waals surface area contributed by atoms with Crippen molar-refractivity contribution in [1.29, 1.82) is 0 Å². The first-order chi connectivity index (χ1) is 26.7. The fourth-order valence-corrected chi connectivity index (χ4v) is 7.58. The Kier molecular flexibility index (Phi) is 7.81. The molecule has 0 atom stereocenters. The smallest absolute Gasteiger partial charge is 0.227 e. The molecule has 0 saturated heterocycles. The fourth-order valence-electron chi connectivity index (χ4n) is 7.58. The summed E-state index contributed by atoms with van der Waals surface area (Å²) < 4.78 is 6.51. The quantitative estimate of drug-likeness (QED) is 0.167. The third-order valence-electron chi connectivity index (χ3n) is 10.3. The minimum Gasteiger partial charge on any atom is -0.435 e. The molecule has 0 aliphatic rings. The third kappa shape index (κ3) is 5.78. The van der Waals surface area contributed by atoms with Crippen LogP contribution in [0.3, 0.4) is 0 Å². The molecule has 0 bridgehead atoms. The predicted octanol–water partition coefficient (Wildman–Crippen LogP) is 14.3. The molecule has 3 heteroatoms. The van der Waals surface area contributed by atoms with Gasteiger partial charge in [-0.25, -0.2) is 4.98 Å². The van der Waals surface area contributed by atoms with Gasteiger partial charge in [0.05, 0.1) is 0 Å². The maximum absolute atomic E-state index is 6.51. The second-order valence-electron chi connectivity index (χ2n) is 13.6. The first kappa shape index (κ1) is 31.5. The van der Waals surface area contributed by atoms with E-state index in [0.29, 0.717) is 5.89 Å². The summed E-state index contributed by atoms with van der Waals surface area (Å²) in [6.45, 7) is 0. The van der Waals surface area contributed by atoms with Crippen LogP contribution in [0.1, 0.15) is 0 Å². The summed E-state index contributed by atoms with van der Waals surface area (Å²) in [7, 11) is 0. The Morgan fingerprint density at radius 1 is 0.352 bits per heavy atom. The molecule has 1 aromatic heterocycles. The number of nitrogens with zero attached hydrogens (tertiary/aromatic N) is 2. The summed E-state index contributed by atoms with van der Waals surface area (Å²) in [5, 5.41) is 4.85. The zero-order valence-corrected chi connectivity index (χ0v) is 29.4. The number of hydrogen-bond donors (Lipinski definition) is 0. The van der Waals surface area contributed by atoms with E-state index in [9.17, 15) is 0 Å². The normalized spacial score (nSPS) is 11.3. The van der Waals surface area contributed by atoms with Crippen LogP contribution in [0, 0.1) is 0 Å². The van der Waals surface area contributed by atoms with E-state index < -0.39 is 0 Å². The van der Waals surface area contributed by atoms with Gasteiger partial charge in [0.1, 0.15) is 5.52 Å². The first-order valence-corrected chi connectivity index (χ1v) is 18.3. The van der Waals surface area contributed by atoms with Crippen LogP contribution in [0.4, 0.5) is 17.1 Å². The number of para-hydroxylation sites is 1. The van der Waals surface area contributed by atoms with E-state index in [4.69, 9.17) is 9.40 Å². The van der Waals surface area contributed by atoms with Crippen molar-refractivity contribution in [1.82, 2.24) is 4.98 Å². The molecule has 0 radical (unpaired) electrons. The molecular weight excluding hydrogens is 657 g/mol. The van der Waals surface area contributed by atoms with E-state index >= 15 is 0 Å². The standard InChI is InChI=1S/C51H34N2O/c1-2-11-35(12-3-1)41-17-8-18-45(34-41)53(43-29-25-38(26-30-43)47-20-9-16-37-14-6-7-19-46(37)47)44-31-27-39(28-32-44)48-21-10-22-49-50(48)54-51(52-49)42-24-23-36-13-4-5-15-40(36)33-42/h1-34H. The van der Waals surface area contributed by atoms with Crippen molar-refractivity contribution in [2.45, 2.75) is 0 Å². The average Bonchev–Trinajstić information content (AvgIpc) is 3.70. The topological polar surface area (TPSA) is 29.3 Å². The number of oxazole rings is 1. The van der Waals surface area contributed by atoms with Gasteiger partial charge in [0.2, 0.25) is 5.89 Å². The minimum atomic E-state index is 0.622. The highest BCUT2D eigenvalue weighted by Gasteiger charge is 2.17. The molecule has 0 spiro atoms. The van der Waals surface area contributed by atoms with Gasteiger partial charge in [-0.3, -0.25) is 0 Å². The van der Waals surface area contributed by atoms with Crippen LogP contribution < -0.4 is 4.90 Å². The highest BCUT2D eigenvalue weighted by atomic mass is 16.3. The molecule has 0 fully saturated rings. The lowest BCUT2D eigenvalue weighted by molar-refractivity contribution is 0.621. The van der Waals surface area contributed by atoms with Gasteiger partial charge in [0, 0.05) is 28.2 Å². The first-order valence-electron chi connectivity index (χ1n) is 18.3. The van der Waals surface area contributed by atoms with Gasteiger partial charge in [-0.2, -0.15) is 0 Å². The lowest BCUT2D eigenvalue weighted by Crippen LogP contribution is -2.10. The number of anilines is 3. The molecule has 0 N–H and O–H groups in total. The van der Waals surface area contributed by atoms with E-state index in [1.807, 2.05) is 6.07 Å². The van der Waals surface area contributed by atoms with Crippen molar-refractivity contribution in [3.63, 3.8) is 0 Å². The highest BCUT2D eigenvalue weighted by Crippen LogP contribution is 2.40. The number of aromatic nitrogens is 1. The van der Waals surface area contributed by atoms with Crippen molar-refractivity contribution in [2.75, 3.05) is 4.90 Å². The summed E-state index contributed by atoms with van der Waals surface area (Å²) in [4.78, 5) is 7.23. The lowest BCUT2D eigenvalue weighted by Gasteiger charge is -2.26. The van der Waals surface area contributed by atoms with E-state index in [1.165, 1.54) is 38.4 Å². The molecule has 3 nitrogen and oxygen atoms in total. The molecule has 54 heavy (non-hydrogen) atoms. The molecule has 9 aromatic carbocycles. The van der Waals surface area contributed by atoms with E-state index in [-0.39, 0.29) is 0 Å². The van der Waals surface area contributed by atoms with Crippen molar-refractivity contribution >= 4 is 49.7 Å². The summed E-state index contributed by atoms with van der Waals surface area (Å²) in [6.07, 6.45) is 0. The zero-order valence-electron chi connectivity index (χ0n) is 29.4. The molecule has 0 saturated carbocycles. The summed E-state index contributed by atoms with van der Waals surface area (Å²) >= 11 is 0. The summed E-state index contributed by atoms with van der Waals surface area (Å²) in [6, 6.07) is 73.0. The predicted molar refractivity (Wildman–Crippen MR) is 225 cm³/mol. The summed E-state index contributed by atoms with van der Waals surface area (Å²) in [5.74, 6) is 0.622. The van der Waals surface area contributed by atoms with Gasteiger partial charge in [-0.05, 0) is 104 Å². The van der Waals surface area contributed by atoms with Crippen molar-refractivity contribution in [2.24, 2.45) is 0 Å².